The molecule has 1 aliphatic carbocycles. The van der Waals surface area contributed by atoms with Gasteiger partial charge >= 0.3 is 0 Å². The lowest BCUT2D eigenvalue weighted by Crippen LogP contribution is -2.20. The Bertz CT molecular complexity index is 836. The molecule has 6 nitrogen and oxygen atoms in total. The summed E-state index contributed by atoms with van der Waals surface area (Å²) in [6.07, 6.45) is 12.7. The number of hydrogen-bond acceptors (Lipinski definition) is 5. The number of anilines is 2. The van der Waals surface area contributed by atoms with Crippen LogP contribution in [-0.4, -0.2) is 23.4 Å². The van der Waals surface area contributed by atoms with Gasteiger partial charge in [0.05, 0.1) is 5.69 Å². The van der Waals surface area contributed by atoms with E-state index in [0.29, 0.717) is 23.0 Å². The van der Waals surface area contributed by atoms with Gasteiger partial charge in [-0.1, -0.05) is 51.5 Å². The second kappa shape index (κ2) is 12.4. The van der Waals surface area contributed by atoms with Gasteiger partial charge in [-0.15, -0.1) is 11.3 Å². The largest absolute Gasteiger partial charge is 0.484 e. The van der Waals surface area contributed by atoms with Gasteiger partial charge in [-0.05, 0) is 37.8 Å². The van der Waals surface area contributed by atoms with E-state index in [1.807, 2.05) is 0 Å². The topological polar surface area (TPSA) is 80.3 Å². The van der Waals surface area contributed by atoms with Crippen molar-refractivity contribution >= 4 is 34.0 Å². The number of benzene rings is 1. The molecule has 2 aromatic rings. The fourth-order valence-electron chi connectivity index (χ4n) is 3.68. The van der Waals surface area contributed by atoms with Crippen LogP contribution < -0.4 is 15.4 Å². The molecule has 0 saturated heterocycles. The summed E-state index contributed by atoms with van der Waals surface area (Å²) in [5, 5.41) is 6.35. The van der Waals surface area contributed by atoms with Gasteiger partial charge in [0.25, 0.3) is 5.91 Å². The van der Waals surface area contributed by atoms with Crippen LogP contribution in [0.15, 0.2) is 24.3 Å². The minimum Gasteiger partial charge on any atom is -0.484 e. The molecule has 0 saturated carbocycles. The zero-order chi connectivity index (χ0) is 21.9. The maximum absolute atomic E-state index is 12.4. The number of nitrogens with zero attached hydrogens (tertiary/aromatic N) is 1. The van der Waals surface area contributed by atoms with Gasteiger partial charge in [-0.25, -0.2) is 4.98 Å². The van der Waals surface area contributed by atoms with E-state index in [1.165, 1.54) is 49.8 Å². The molecule has 1 heterocycles. The zero-order valence-electron chi connectivity index (χ0n) is 18.4. The Labute approximate surface area is 188 Å². The Balaban J connectivity index is 1.54. The van der Waals surface area contributed by atoms with Crippen molar-refractivity contribution in [3.8, 4) is 5.75 Å². The van der Waals surface area contributed by atoms with Crippen molar-refractivity contribution < 1.29 is 14.3 Å². The average molecular weight is 444 g/mol. The third-order valence-electron chi connectivity index (χ3n) is 5.40. The van der Waals surface area contributed by atoms with Crippen LogP contribution in [0.5, 0.6) is 5.75 Å². The highest BCUT2D eigenvalue weighted by atomic mass is 32.1. The van der Waals surface area contributed by atoms with Crippen LogP contribution in [0.1, 0.15) is 75.3 Å². The normalized spacial score (nSPS) is 15.1. The van der Waals surface area contributed by atoms with Gasteiger partial charge in [0, 0.05) is 23.1 Å². The molecule has 2 amide bonds. The van der Waals surface area contributed by atoms with E-state index in [-0.39, 0.29) is 18.4 Å². The van der Waals surface area contributed by atoms with Crippen molar-refractivity contribution in [3.63, 3.8) is 0 Å². The van der Waals surface area contributed by atoms with Gasteiger partial charge in [0.2, 0.25) is 5.91 Å². The van der Waals surface area contributed by atoms with Gasteiger partial charge < -0.3 is 10.1 Å². The van der Waals surface area contributed by atoms with Gasteiger partial charge in [0.15, 0.2) is 11.7 Å². The first-order valence-electron chi connectivity index (χ1n) is 11.4. The van der Waals surface area contributed by atoms with Crippen molar-refractivity contribution in [2.75, 3.05) is 17.2 Å². The van der Waals surface area contributed by atoms with Crippen LogP contribution >= 0.6 is 11.3 Å². The number of hydrogen-bond donors (Lipinski definition) is 2. The van der Waals surface area contributed by atoms with E-state index in [9.17, 15) is 9.59 Å². The smallest absolute Gasteiger partial charge is 0.264 e. The molecule has 0 spiro atoms. The summed E-state index contributed by atoms with van der Waals surface area (Å²) in [6.45, 7) is 1.70. The first-order chi connectivity index (χ1) is 15.1. The first kappa shape index (κ1) is 23.3. The number of aromatic nitrogens is 1. The molecule has 31 heavy (non-hydrogen) atoms. The molecule has 0 unspecified atom stereocenters. The van der Waals surface area contributed by atoms with E-state index in [2.05, 4.69) is 10.6 Å². The second-order valence-corrected chi connectivity index (χ2v) is 9.07. The van der Waals surface area contributed by atoms with Crippen LogP contribution in [-0.2, 0) is 22.4 Å². The Morgan fingerprint density at radius 3 is 2.42 bits per heavy atom. The molecule has 0 bridgehead atoms. The van der Waals surface area contributed by atoms with Gasteiger partial charge in [-0.2, -0.15) is 0 Å². The fourth-order valence-corrected chi connectivity index (χ4v) is 4.75. The number of amides is 2. The molecular formula is C24H33N3O3S. The van der Waals surface area contributed by atoms with E-state index in [1.54, 1.807) is 42.5 Å². The maximum atomic E-state index is 12.4. The van der Waals surface area contributed by atoms with E-state index < -0.39 is 0 Å². The minimum absolute atomic E-state index is 0.0631. The third kappa shape index (κ3) is 7.98. The van der Waals surface area contributed by atoms with Crippen molar-refractivity contribution in [2.24, 2.45) is 0 Å². The number of carbonyl (C=O) groups excluding carboxylic acids is 2. The van der Waals surface area contributed by atoms with Crippen molar-refractivity contribution in [2.45, 2.75) is 77.6 Å². The lowest BCUT2D eigenvalue weighted by molar-refractivity contribution is -0.118. The highest BCUT2D eigenvalue weighted by molar-refractivity contribution is 7.15. The van der Waals surface area contributed by atoms with Gasteiger partial charge in [0.1, 0.15) is 5.75 Å². The lowest BCUT2D eigenvalue weighted by atomic mass is 10.0. The summed E-state index contributed by atoms with van der Waals surface area (Å²) in [5.74, 6) is 0.245. The Morgan fingerprint density at radius 1 is 0.968 bits per heavy atom. The molecule has 0 radical (unpaired) electrons. The van der Waals surface area contributed by atoms with E-state index in [4.69, 9.17) is 9.72 Å². The number of rotatable bonds is 6. The van der Waals surface area contributed by atoms with Crippen LogP contribution in [0, 0.1) is 0 Å². The Kier molecular flexibility index (Phi) is 9.34. The maximum Gasteiger partial charge on any atom is 0.264 e. The highest BCUT2D eigenvalue weighted by Crippen LogP contribution is 2.27. The summed E-state index contributed by atoms with van der Waals surface area (Å²) in [4.78, 5) is 30.0. The van der Waals surface area contributed by atoms with Crippen LogP contribution in [0.3, 0.4) is 0 Å². The molecular weight excluding hydrogens is 410 g/mol. The van der Waals surface area contributed by atoms with E-state index in [0.717, 1.165) is 25.0 Å². The number of nitrogens with one attached hydrogen (secondary N) is 2. The number of fused-ring (bicyclic) bond motifs is 1. The quantitative estimate of drug-likeness (QED) is 0.597. The molecule has 0 aliphatic heterocycles. The zero-order valence-corrected chi connectivity index (χ0v) is 19.2. The molecule has 168 valence electrons. The summed E-state index contributed by atoms with van der Waals surface area (Å²) in [7, 11) is 0. The summed E-state index contributed by atoms with van der Waals surface area (Å²) < 4.78 is 5.61. The monoisotopic (exact) mass is 443 g/mol. The van der Waals surface area contributed by atoms with E-state index >= 15 is 0 Å². The molecule has 0 fully saturated rings. The summed E-state index contributed by atoms with van der Waals surface area (Å²) in [5.41, 5.74) is 1.81. The first-order valence-corrected chi connectivity index (χ1v) is 12.3. The molecule has 1 aliphatic rings. The molecule has 2 N–H and O–H groups in total. The molecule has 3 rings (SSSR count). The predicted octanol–water partition coefficient (Wildman–Crippen LogP) is 5.73. The number of carbonyl (C=O) groups is 2. The van der Waals surface area contributed by atoms with Crippen molar-refractivity contribution in [1.82, 2.24) is 4.98 Å². The molecule has 1 aromatic heterocycles. The predicted molar refractivity (Wildman–Crippen MR) is 126 cm³/mol. The summed E-state index contributed by atoms with van der Waals surface area (Å²) >= 11 is 1.60. The third-order valence-corrected chi connectivity index (χ3v) is 6.47. The molecule has 0 atom stereocenters. The van der Waals surface area contributed by atoms with Crippen LogP contribution in [0.25, 0.3) is 0 Å². The standard InChI is InChI=1S/C24H33N3O3S/c1-2-22(28)25-18-12-11-13-19(16-18)30-17-23(29)27-24-26-20-14-9-7-5-3-4-6-8-10-15-21(20)31-24/h11-13,16H,2-10,14-15,17H2,1H3,(H,25,28)(H,26,27,29). The molecule has 1 aromatic carbocycles. The summed E-state index contributed by atoms with van der Waals surface area (Å²) in [6, 6.07) is 7.06. The average Bonchev–Trinajstić information content (AvgIpc) is 3.13. The fraction of sp³-hybridized carbons (Fsp3) is 0.542. The molecule has 7 heteroatoms. The SMILES string of the molecule is CCC(=O)Nc1cccc(OCC(=O)Nc2nc3c(s2)CCCCCCCCCC3)c1. The Morgan fingerprint density at radius 2 is 1.68 bits per heavy atom. The Hall–Kier alpha value is -2.41. The van der Waals surface area contributed by atoms with Crippen molar-refractivity contribution in [3.05, 3.63) is 34.8 Å². The van der Waals surface area contributed by atoms with Gasteiger partial charge in [-0.3, -0.25) is 14.9 Å². The number of aryl methyl sites for hydroxylation is 2. The lowest BCUT2D eigenvalue weighted by Gasteiger charge is -2.08. The number of thiazole rings is 1. The second-order valence-electron chi connectivity index (χ2n) is 7.98. The van der Waals surface area contributed by atoms with Crippen LogP contribution in [0.4, 0.5) is 10.8 Å². The minimum atomic E-state index is -0.229. The van der Waals surface area contributed by atoms with Crippen LogP contribution in [0.2, 0.25) is 0 Å². The number of ether oxygens (including phenoxy) is 1. The van der Waals surface area contributed by atoms with Crippen molar-refractivity contribution in [1.29, 1.82) is 0 Å². The highest BCUT2D eigenvalue weighted by Gasteiger charge is 2.14.